The van der Waals surface area contributed by atoms with Crippen molar-refractivity contribution in [3.8, 4) is 11.5 Å². The standard InChI is InChI=1S/C24H25N3O5S/c1-2-31-20-14-17(8-9-19(20)32-16-22(28)27-10-12-30-13-11-27)15-21-23(29)26-24(33-21)25-18-6-4-3-5-7-18/h3-9,14-15H,2,10-13,16H2,1H3,(H,25,26,29)/b21-15+. The second-order valence-corrected chi connectivity index (χ2v) is 8.27. The van der Waals surface area contributed by atoms with Gasteiger partial charge in [-0.1, -0.05) is 24.3 Å². The number of aliphatic imine (C=N–C) groups is 1. The summed E-state index contributed by atoms with van der Waals surface area (Å²) in [6.45, 7) is 4.48. The van der Waals surface area contributed by atoms with Gasteiger partial charge in [0.1, 0.15) is 0 Å². The number of thioether (sulfide) groups is 1. The molecular formula is C24H25N3O5S. The molecule has 2 aliphatic heterocycles. The summed E-state index contributed by atoms with van der Waals surface area (Å²) < 4.78 is 16.7. The van der Waals surface area contributed by atoms with Crippen LogP contribution < -0.4 is 14.8 Å². The molecule has 2 heterocycles. The minimum atomic E-state index is -0.205. The third-order valence-corrected chi connectivity index (χ3v) is 5.83. The fraction of sp³-hybridized carbons (Fsp3) is 0.292. The Morgan fingerprint density at radius 1 is 1.15 bits per heavy atom. The van der Waals surface area contributed by atoms with Gasteiger partial charge in [-0.3, -0.25) is 9.59 Å². The molecular weight excluding hydrogens is 442 g/mol. The monoisotopic (exact) mass is 467 g/mol. The highest BCUT2D eigenvalue weighted by molar-refractivity contribution is 8.18. The molecule has 0 aliphatic carbocycles. The summed E-state index contributed by atoms with van der Waals surface area (Å²) in [5, 5.41) is 3.32. The van der Waals surface area contributed by atoms with E-state index < -0.39 is 0 Å². The Bertz CT molecular complexity index is 1070. The number of hydrogen-bond acceptors (Lipinski definition) is 7. The molecule has 0 unspecified atom stereocenters. The van der Waals surface area contributed by atoms with Crippen LogP contribution in [-0.2, 0) is 14.3 Å². The maximum atomic E-state index is 12.4. The van der Waals surface area contributed by atoms with Gasteiger partial charge in [-0.05, 0) is 54.6 Å². The molecule has 33 heavy (non-hydrogen) atoms. The third kappa shape index (κ3) is 6.15. The van der Waals surface area contributed by atoms with Crippen LogP contribution in [0.4, 0.5) is 5.69 Å². The van der Waals surface area contributed by atoms with Crippen molar-refractivity contribution in [2.75, 3.05) is 39.5 Å². The molecule has 2 aromatic rings. The van der Waals surface area contributed by atoms with Crippen molar-refractivity contribution in [2.24, 2.45) is 4.99 Å². The lowest BCUT2D eigenvalue weighted by Gasteiger charge is -2.26. The lowest BCUT2D eigenvalue weighted by molar-refractivity contribution is -0.137. The molecule has 0 saturated carbocycles. The van der Waals surface area contributed by atoms with Crippen LogP contribution in [0.1, 0.15) is 12.5 Å². The van der Waals surface area contributed by atoms with E-state index in [1.807, 2.05) is 43.3 Å². The molecule has 2 aromatic carbocycles. The number of rotatable bonds is 7. The Morgan fingerprint density at radius 2 is 1.94 bits per heavy atom. The molecule has 172 valence electrons. The van der Waals surface area contributed by atoms with Crippen LogP contribution >= 0.6 is 11.8 Å². The normalized spacial score (nSPS) is 18.5. The van der Waals surface area contributed by atoms with Crippen molar-refractivity contribution in [1.29, 1.82) is 0 Å². The van der Waals surface area contributed by atoms with Gasteiger partial charge in [-0.25, -0.2) is 4.99 Å². The second kappa shape index (κ2) is 11.0. The highest BCUT2D eigenvalue weighted by atomic mass is 32.2. The second-order valence-electron chi connectivity index (χ2n) is 7.24. The third-order valence-electron chi connectivity index (χ3n) is 4.92. The van der Waals surface area contributed by atoms with E-state index in [0.717, 1.165) is 11.3 Å². The van der Waals surface area contributed by atoms with Gasteiger partial charge in [-0.15, -0.1) is 0 Å². The topological polar surface area (TPSA) is 89.5 Å². The maximum absolute atomic E-state index is 12.4. The average molecular weight is 468 g/mol. The molecule has 9 heteroatoms. The fourth-order valence-electron chi connectivity index (χ4n) is 3.30. The van der Waals surface area contributed by atoms with E-state index in [1.54, 1.807) is 23.1 Å². The van der Waals surface area contributed by atoms with Gasteiger partial charge in [0.05, 0.1) is 30.4 Å². The number of carbonyl (C=O) groups is 2. The zero-order valence-electron chi connectivity index (χ0n) is 18.3. The fourth-order valence-corrected chi connectivity index (χ4v) is 4.14. The van der Waals surface area contributed by atoms with Crippen molar-refractivity contribution >= 4 is 40.5 Å². The molecule has 2 saturated heterocycles. The van der Waals surface area contributed by atoms with Crippen LogP contribution in [0.2, 0.25) is 0 Å². The van der Waals surface area contributed by atoms with Gasteiger partial charge >= 0.3 is 0 Å². The van der Waals surface area contributed by atoms with E-state index in [1.165, 1.54) is 11.8 Å². The van der Waals surface area contributed by atoms with Crippen molar-refractivity contribution in [3.63, 3.8) is 0 Å². The summed E-state index contributed by atoms with van der Waals surface area (Å²) in [5.74, 6) is 0.707. The molecule has 0 radical (unpaired) electrons. The molecule has 4 rings (SSSR count). The van der Waals surface area contributed by atoms with E-state index >= 15 is 0 Å². The SMILES string of the molecule is CCOc1cc(/C=C2/SC(=Nc3ccccc3)NC2=O)ccc1OCC(=O)N1CCOCC1. The number of amidine groups is 1. The van der Waals surface area contributed by atoms with Gasteiger partial charge in [0.2, 0.25) is 0 Å². The number of nitrogens with zero attached hydrogens (tertiary/aromatic N) is 2. The van der Waals surface area contributed by atoms with Gasteiger partial charge in [0.25, 0.3) is 11.8 Å². The van der Waals surface area contributed by atoms with Crippen LogP contribution in [0.3, 0.4) is 0 Å². The Labute approximate surface area is 196 Å². The van der Waals surface area contributed by atoms with E-state index in [-0.39, 0.29) is 18.4 Å². The number of nitrogens with one attached hydrogen (secondary N) is 1. The first-order valence-corrected chi connectivity index (χ1v) is 11.5. The summed E-state index contributed by atoms with van der Waals surface area (Å²) in [5.41, 5.74) is 1.55. The molecule has 0 spiro atoms. The Kier molecular flexibility index (Phi) is 7.64. The quantitative estimate of drug-likeness (QED) is 0.629. The summed E-state index contributed by atoms with van der Waals surface area (Å²) >= 11 is 1.28. The minimum absolute atomic E-state index is 0.0714. The van der Waals surface area contributed by atoms with Gasteiger partial charge < -0.3 is 24.4 Å². The highest BCUT2D eigenvalue weighted by Gasteiger charge is 2.24. The number of morpholine rings is 1. The molecule has 8 nitrogen and oxygen atoms in total. The van der Waals surface area contributed by atoms with Crippen LogP contribution in [0.15, 0.2) is 58.4 Å². The lowest BCUT2D eigenvalue weighted by atomic mass is 10.2. The number of benzene rings is 2. The number of ether oxygens (including phenoxy) is 3. The average Bonchev–Trinajstić information content (AvgIpc) is 3.18. The number of carbonyl (C=O) groups excluding carboxylic acids is 2. The van der Waals surface area contributed by atoms with E-state index in [2.05, 4.69) is 10.3 Å². The number of para-hydroxylation sites is 1. The van der Waals surface area contributed by atoms with Gasteiger partial charge in [0.15, 0.2) is 23.3 Å². The Balaban J connectivity index is 1.45. The smallest absolute Gasteiger partial charge is 0.264 e. The molecule has 0 aromatic heterocycles. The van der Waals surface area contributed by atoms with Gasteiger partial charge in [0, 0.05) is 13.1 Å². The highest BCUT2D eigenvalue weighted by Crippen LogP contribution is 2.32. The molecule has 0 bridgehead atoms. The summed E-state index contributed by atoms with van der Waals surface area (Å²) in [4.78, 5) is 31.5. The minimum Gasteiger partial charge on any atom is -0.490 e. The molecule has 2 aliphatic rings. The maximum Gasteiger partial charge on any atom is 0.264 e. The van der Waals surface area contributed by atoms with E-state index in [0.29, 0.717) is 54.5 Å². The Morgan fingerprint density at radius 3 is 2.70 bits per heavy atom. The van der Waals surface area contributed by atoms with Crippen LogP contribution in [-0.4, -0.2) is 61.4 Å². The largest absolute Gasteiger partial charge is 0.490 e. The van der Waals surface area contributed by atoms with Crippen molar-refractivity contribution in [1.82, 2.24) is 10.2 Å². The first kappa shape index (κ1) is 22.9. The first-order chi connectivity index (χ1) is 16.1. The summed E-state index contributed by atoms with van der Waals surface area (Å²) in [6, 6.07) is 14.8. The lowest BCUT2D eigenvalue weighted by Crippen LogP contribution is -2.43. The zero-order chi connectivity index (χ0) is 23.0. The van der Waals surface area contributed by atoms with Crippen LogP contribution in [0.5, 0.6) is 11.5 Å². The first-order valence-electron chi connectivity index (χ1n) is 10.7. The van der Waals surface area contributed by atoms with Crippen molar-refractivity contribution < 1.29 is 23.8 Å². The van der Waals surface area contributed by atoms with E-state index in [4.69, 9.17) is 14.2 Å². The molecule has 0 atom stereocenters. The van der Waals surface area contributed by atoms with Crippen molar-refractivity contribution in [2.45, 2.75) is 6.92 Å². The molecule has 2 fully saturated rings. The predicted octanol–water partition coefficient (Wildman–Crippen LogP) is 3.21. The molecule has 2 amide bonds. The number of amides is 2. The Hall–Kier alpha value is -3.30. The van der Waals surface area contributed by atoms with Crippen LogP contribution in [0, 0.1) is 0 Å². The van der Waals surface area contributed by atoms with Crippen molar-refractivity contribution in [3.05, 3.63) is 59.0 Å². The molecule has 1 N–H and O–H groups in total. The number of hydrogen-bond donors (Lipinski definition) is 1. The van der Waals surface area contributed by atoms with Crippen LogP contribution in [0.25, 0.3) is 6.08 Å². The summed E-state index contributed by atoms with van der Waals surface area (Å²) in [7, 11) is 0. The predicted molar refractivity (Wildman–Crippen MR) is 128 cm³/mol. The van der Waals surface area contributed by atoms with E-state index in [9.17, 15) is 9.59 Å². The van der Waals surface area contributed by atoms with Gasteiger partial charge in [-0.2, -0.15) is 0 Å². The summed E-state index contributed by atoms with van der Waals surface area (Å²) in [6.07, 6.45) is 1.78. The zero-order valence-corrected chi connectivity index (χ0v) is 19.1.